The van der Waals surface area contributed by atoms with Crippen molar-refractivity contribution in [2.24, 2.45) is 5.73 Å². The van der Waals surface area contributed by atoms with E-state index in [1.165, 1.54) is 17.4 Å². The number of hydrogen-bond donors (Lipinski definition) is 1. The van der Waals surface area contributed by atoms with Gasteiger partial charge in [-0.15, -0.1) is 11.3 Å². The van der Waals surface area contributed by atoms with Crippen molar-refractivity contribution in [2.75, 3.05) is 0 Å². The van der Waals surface area contributed by atoms with Crippen LogP contribution in [0.15, 0.2) is 24.3 Å². The number of aryl methyl sites for hydroxylation is 1. The monoisotopic (exact) mass is 319 g/mol. The predicted molar refractivity (Wildman–Crippen MR) is 72.7 cm³/mol. The van der Waals surface area contributed by atoms with Crippen LogP contribution in [-0.2, 0) is 19.3 Å². The van der Waals surface area contributed by atoms with E-state index >= 15 is 0 Å². The highest BCUT2D eigenvalue weighted by molar-refractivity contribution is 7.12. The molecule has 2 aromatic rings. The molecule has 0 aliphatic carbocycles. The van der Waals surface area contributed by atoms with Gasteiger partial charge < -0.3 is 10.5 Å². The van der Waals surface area contributed by atoms with Gasteiger partial charge in [0.2, 0.25) is 0 Å². The van der Waals surface area contributed by atoms with Gasteiger partial charge in [0, 0.05) is 21.9 Å². The summed E-state index contributed by atoms with van der Waals surface area (Å²) in [6, 6.07) is 4.45. The molecule has 0 atom stereocenters. The average Bonchev–Trinajstić information content (AvgIpc) is 2.77. The Hall–Kier alpha value is -1.60. The summed E-state index contributed by atoms with van der Waals surface area (Å²) in [4.78, 5) is 1.97. The van der Waals surface area contributed by atoms with Crippen LogP contribution in [0.4, 0.5) is 17.6 Å². The van der Waals surface area contributed by atoms with E-state index in [0.29, 0.717) is 12.6 Å². The molecule has 0 saturated carbocycles. The van der Waals surface area contributed by atoms with Gasteiger partial charge in [-0.05, 0) is 31.2 Å². The smallest absolute Gasteiger partial charge is 0.419 e. The molecule has 0 bridgehead atoms. The first-order valence-corrected chi connectivity index (χ1v) is 6.90. The second-order valence-corrected chi connectivity index (χ2v) is 5.77. The molecule has 2 N–H and O–H groups in total. The van der Waals surface area contributed by atoms with Crippen LogP contribution >= 0.6 is 11.3 Å². The number of rotatable bonds is 4. The lowest BCUT2D eigenvalue weighted by molar-refractivity contribution is -0.140. The molecule has 1 aromatic carbocycles. The Balaban J connectivity index is 2.15. The molecule has 0 aliphatic heterocycles. The second kappa shape index (κ2) is 6.03. The fraction of sp³-hybridized carbons (Fsp3) is 0.286. The van der Waals surface area contributed by atoms with E-state index in [9.17, 15) is 17.6 Å². The molecule has 0 spiro atoms. The molecular formula is C14H13F4NOS. The van der Waals surface area contributed by atoms with E-state index in [2.05, 4.69) is 0 Å². The predicted octanol–water partition coefficient (Wildman–Crippen LogP) is 4.25. The molecule has 2 rings (SSSR count). The summed E-state index contributed by atoms with van der Waals surface area (Å²) in [7, 11) is 0. The summed E-state index contributed by atoms with van der Waals surface area (Å²) in [5.41, 5.74) is 5.06. The largest absolute Gasteiger partial charge is 0.489 e. The Morgan fingerprint density at radius 3 is 2.52 bits per heavy atom. The summed E-state index contributed by atoms with van der Waals surface area (Å²) in [5.74, 6) is -1.34. The first-order valence-electron chi connectivity index (χ1n) is 6.09. The van der Waals surface area contributed by atoms with Crippen molar-refractivity contribution in [3.05, 3.63) is 51.0 Å². The Bertz CT molecular complexity index is 636. The molecule has 21 heavy (non-hydrogen) atoms. The molecule has 1 aromatic heterocycles. The highest BCUT2D eigenvalue weighted by Crippen LogP contribution is 2.34. The molecule has 0 radical (unpaired) electrons. The minimum absolute atomic E-state index is 0.0244. The average molecular weight is 319 g/mol. The molecule has 0 amide bonds. The molecule has 0 saturated heterocycles. The van der Waals surface area contributed by atoms with Crippen LogP contribution in [0.25, 0.3) is 0 Å². The van der Waals surface area contributed by atoms with E-state index in [4.69, 9.17) is 10.5 Å². The van der Waals surface area contributed by atoms with Crippen LogP contribution in [0.1, 0.15) is 20.9 Å². The molecule has 7 heteroatoms. The van der Waals surface area contributed by atoms with Gasteiger partial charge in [0.15, 0.2) is 0 Å². The molecular weight excluding hydrogens is 306 g/mol. The SMILES string of the molecule is Cc1sc(CN)cc1COc1ccc(F)c(C(F)(F)F)c1. The summed E-state index contributed by atoms with van der Waals surface area (Å²) >= 11 is 1.51. The third-order valence-electron chi connectivity index (χ3n) is 2.91. The van der Waals surface area contributed by atoms with Crippen LogP contribution in [0.3, 0.4) is 0 Å². The van der Waals surface area contributed by atoms with Crippen LogP contribution in [0.2, 0.25) is 0 Å². The minimum Gasteiger partial charge on any atom is -0.489 e. The zero-order valence-electron chi connectivity index (χ0n) is 11.1. The standard InChI is InChI=1S/C14H13F4NOS/c1-8-9(4-11(6-19)21-8)7-20-10-2-3-13(15)12(5-10)14(16,17)18/h2-5H,6-7,19H2,1H3. The summed E-state index contributed by atoms with van der Waals surface area (Å²) < 4.78 is 56.3. The van der Waals surface area contributed by atoms with Crippen molar-refractivity contribution >= 4 is 11.3 Å². The Labute approximate surface area is 123 Å². The first kappa shape index (κ1) is 15.8. The molecule has 0 unspecified atom stereocenters. The van der Waals surface area contributed by atoms with E-state index < -0.39 is 17.6 Å². The van der Waals surface area contributed by atoms with E-state index in [1.54, 1.807) is 0 Å². The van der Waals surface area contributed by atoms with Gasteiger partial charge in [-0.2, -0.15) is 13.2 Å². The molecule has 2 nitrogen and oxygen atoms in total. The second-order valence-electron chi connectivity index (χ2n) is 4.43. The van der Waals surface area contributed by atoms with Crippen molar-refractivity contribution in [1.82, 2.24) is 0 Å². The highest BCUT2D eigenvalue weighted by atomic mass is 32.1. The maximum Gasteiger partial charge on any atom is 0.419 e. The van der Waals surface area contributed by atoms with Crippen LogP contribution < -0.4 is 10.5 Å². The van der Waals surface area contributed by atoms with E-state index in [-0.39, 0.29) is 12.4 Å². The Morgan fingerprint density at radius 1 is 1.24 bits per heavy atom. The van der Waals surface area contributed by atoms with Gasteiger partial charge in [-0.1, -0.05) is 0 Å². The van der Waals surface area contributed by atoms with Gasteiger partial charge >= 0.3 is 6.18 Å². The lowest BCUT2D eigenvalue weighted by atomic mass is 10.2. The van der Waals surface area contributed by atoms with Crippen LogP contribution in [0, 0.1) is 12.7 Å². The minimum atomic E-state index is -4.74. The molecule has 1 heterocycles. The van der Waals surface area contributed by atoms with E-state index in [0.717, 1.165) is 21.4 Å². The normalized spacial score (nSPS) is 11.7. The van der Waals surface area contributed by atoms with Gasteiger partial charge in [-0.25, -0.2) is 4.39 Å². The first-order chi connectivity index (χ1) is 9.81. The van der Waals surface area contributed by atoms with Gasteiger partial charge in [0.05, 0.1) is 5.56 Å². The lowest BCUT2D eigenvalue weighted by Crippen LogP contribution is -2.08. The van der Waals surface area contributed by atoms with Crippen molar-refractivity contribution in [2.45, 2.75) is 26.3 Å². The van der Waals surface area contributed by atoms with Gasteiger partial charge in [0.25, 0.3) is 0 Å². The van der Waals surface area contributed by atoms with Crippen LogP contribution in [-0.4, -0.2) is 0 Å². The molecule has 114 valence electrons. The number of nitrogens with two attached hydrogens (primary N) is 1. The quantitative estimate of drug-likeness (QED) is 0.855. The summed E-state index contributed by atoms with van der Waals surface area (Å²) in [6.07, 6.45) is -4.74. The maximum absolute atomic E-state index is 13.2. The number of thiophene rings is 1. The zero-order valence-corrected chi connectivity index (χ0v) is 11.9. The topological polar surface area (TPSA) is 35.2 Å². The fourth-order valence-corrected chi connectivity index (χ4v) is 2.73. The Kier molecular flexibility index (Phi) is 4.53. The van der Waals surface area contributed by atoms with Gasteiger partial charge in [-0.3, -0.25) is 0 Å². The maximum atomic E-state index is 13.2. The number of ether oxygens (including phenoxy) is 1. The molecule has 0 aliphatic rings. The fourth-order valence-electron chi connectivity index (χ4n) is 1.80. The number of alkyl halides is 3. The Morgan fingerprint density at radius 2 is 1.95 bits per heavy atom. The highest BCUT2D eigenvalue weighted by Gasteiger charge is 2.34. The number of halogens is 4. The van der Waals surface area contributed by atoms with Crippen molar-refractivity contribution in [3.8, 4) is 5.75 Å². The summed E-state index contributed by atoms with van der Waals surface area (Å²) in [5, 5.41) is 0. The zero-order chi connectivity index (χ0) is 15.6. The van der Waals surface area contributed by atoms with Gasteiger partial charge in [0.1, 0.15) is 18.2 Å². The number of hydrogen-bond acceptors (Lipinski definition) is 3. The third-order valence-corrected chi connectivity index (χ3v) is 4.03. The van der Waals surface area contributed by atoms with E-state index in [1.807, 2.05) is 13.0 Å². The molecule has 0 fully saturated rings. The summed E-state index contributed by atoms with van der Waals surface area (Å²) in [6.45, 7) is 2.40. The number of benzene rings is 1. The van der Waals surface area contributed by atoms with Crippen molar-refractivity contribution in [1.29, 1.82) is 0 Å². The van der Waals surface area contributed by atoms with Crippen LogP contribution in [0.5, 0.6) is 5.75 Å². The lowest BCUT2D eigenvalue weighted by Gasteiger charge is -2.11. The van der Waals surface area contributed by atoms with Crippen molar-refractivity contribution < 1.29 is 22.3 Å². The third kappa shape index (κ3) is 3.74. The van der Waals surface area contributed by atoms with Crippen molar-refractivity contribution in [3.63, 3.8) is 0 Å².